The molecule has 120 valence electrons. The van der Waals surface area contributed by atoms with E-state index in [9.17, 15) is 4.79 Å². The first-order valence-electron chi connectivity index (χ1n) is 7.99. The summed E-state index contributed by atoms with van der Waals surface area (Å²) in [5, 5.41) is 6.96. The van der Waals surface area contributed by atoms with Crippen LogP contribution < -0.4 is 10.2 Å². The van der Waals surface area contributed by atoms with E-state index in [1.807, 2.05) is 0 Å². The molecule has 7 heteroatoms. The molecule has 2 atom stereocenters. The fourth-order valence-corrected chi connectivity index (χ4v) is 3.00. The Balaban J connectivity index is 1.40. The van der Waals surface area contributed by atoms with Crippen molar-refractivity contribution in [2.75, 3.05) is 18.0 Å². The second-order valence-corrected chi connectivity index (χ2v) is 6.41. The first-order chi connectivity index (χ1) is 11.2. The van der Waals surface area contributed by atoms with Gasteiger partial charge >= 0.3 is 0 Å². The van der Waals surface area contributed by atoms with E-state index in [-0.39, 0.29) is 11.9 Å². The average Bonchev–Trinajstić information content (AvgIpc) is 3.18. The number of carbonyl (C=O) groups excluding carboxylic acids is 1. The molecule has 2 unspecified atom stereocenters. The highest BCUT2D eigenvalue weighted by Crippen LogP contribution is 2.40. The third-order valence-electron chi connectivity index (χ3n) is 4.54. The smallest absolute Gasteiger partial charge is 0.273 e. The first kappa shape index (κ1) is 14.2. The van der Waals surface area contributed by atoms with Crippen molar-refractivity contribution < 1.29 is 9.32 Å². The Kier molecular flexibility index (Phi) is 3.48. The van der Waals surface area contributed by atoms with Gasteiger partial charge in [0.2, 0.25) is 0 Å². The lowest BCUT2D eigenvalue weighted by molar-refractivity contribution is 0.0924. The molecular weight excluding hydrogens is 294 g/mol. The van der Waals surface area contributed by atoms with E-state index in [2.05, 4.69) is 32.3 Å². The number of hydrogen-bond acceptors (Lipinski definition) is 6. The van der Waals surface area contributed by atoms with Gasteiger partial charge in [-0.05, 0) is 18.8 Å². The number of amides is 1. The van der Waals surface area contributed by atoms with Crippen molar-refractivity contribution in [3.05, 3.63) is 36.1 Å². The van der Waals surface area contributed by atoms with Gasteiger partial charge in [-0.15, -0.1) is 0 Å². The molecule has 0 spiro atoms. The zero-order chi connectivity index (χ0) is 15.8. The molecule has 1 aliphatic carbocycles. The van der Waals surface area contributed by atoms with Crippen molar-refractivity contribution >= 4 is 11.7 Å². The number of anilines is 1. The molecule has 1 N–H and O–H groups in total. The fraction of sp³-hybridized carbons (Fsp3) is 0.500. The summed E-state index contributed by atoms with van der Waals surface area (Å²) < 4.78 is 5.25. The van der Waals surface area contributed by atoms with Gasteiger partial charge in [0.1, 0.15) is 11.6 Å². The summed E-state index contributed by atoms with van der Waals surface area (Å²) in [6.07, 6.45) is 7.34. The predicted octanol–water partition coefficient (Wildman–Crippen LogP) is 1.60. The van der Waals surface area contributed by atoms with E-state index < -0.39 is 0 Å². The molecule has 1 amide bonds. The van der Waals surface area contributed by atoms with Gasteiger partial charge < -0.3 is 14.7 Å². The molecular formula is C16H19N5O2. The Bertz CT molecular complexity index is 698. The Morgan fingerprint density at radius 1 is 1.35 bits per heavy atom. The average molecular weight is 313 g/mol. The van der Waals surface area contributed by atoms with Crippen molar-refractivity contribution in [3.8, 4) is 0 Å². The Hall–Kier alpha value is -2.44. The summed E-state index contributed by atoms with van der Waals surface area (Å²) in [6.45, 7) is 3.69. The van der Waals surface area contributed by atoms with Gasteiger partial charge in [0.05, 0.1) is 12.2 Å². The number of nitrogens with zero attached hydrogens (tertiary/aromatic N) is 4. The van der Waals surface area contributed by atoms with Gasteiger partial charge in [-0.2, -0.15) is 0 Å². The molecule has 23 heavy (non-hydrogen) atoms. The molecule has 2 fully saturated rings. The molecule has 1 saturated carbocycles. The van der Waals surface area contributed by atoms with E-state index in [1.54, 1.807) is 24.7 Å². The fourth-order valence-electron chi connectivity index (χ4n) is 3.00. The molecule has 2 aromatic heterocycles. The lowest BCUT2D eigenvalue weighted by Gasteiger charge is -2.17. The van der Waals surface area contributed by atoms with Crippen molar-refractivity contribution in [1.82, 2.24) is 20.4 Å². The standard InChI is InChI=1S/C16H19N5O2/c1-10-8-21(15-7-17-4-5-18-15)9-13(10)19-16(22)12-6-14(23-20-12)11-2-3-11/h4-7,10-11,13H,2-3,8-9H2,1H3,(H,19,22). The summed E-state index contributed by atoms with van der Waals surface area (Å²) in [5.74, 6) is 2.29. The van der Waals surface area contributed by atoms with Crippen LogP contribution in [-0.2, 0) is 0 Å². The maximum Gasteiger partial charge on any atom is 0.273 e. The second kappa shape index (κ2) is 5.64. The van der Waals surface area contributed by atoms with Crippen LogP contribution in [-0.4, -0.2) is 40.2 Å². The first-order valence-corrected chi connectivity index (χ1v) is 7.99. The number of aromatic nitrogens is 3. The van der Waals surface area contributed by atoms with Crippen LogP contribution in [0.4, 0.5) is 5.82 Å². The van der Waals surface area contributed by atoms with Gasteiger partial charge in [-0.3, -0.25) is 9.78 Å². The SMILES string of the molecule is CC1CN(c2cnccn2)CC1NC(=O)c1cc(C2CC2)on1. The minimum Gasteiger partial charge on any atom is -0.360 e. The van der Waals surface area contributed by atoms with Crippen molar-refractivity contribution in [2.45, 2.75) is 31.7 Å². The lowest BCUT2D eigenvalue weighted by Crippen LogP contribution is -2.40. The van der Waals surface area contributed by atoms with Crippen LogP contribution >= 0.6 is 0 Å². The van der Waals surface area contributed by atoms with Gasteiger partial charge in [-0.25, -0.2) is 4.98 Å². The van der Waals surface area contributed by atoms with E-state index in [0.29, 0.717) is 17.5 Å². The van der Waals surface area contributed by atoms with Crippen molar-refractivity contribution in [3.63, 3.8) is 0 Å². The van der Waals surface area contributed by atoms with Gasteiger partial charge in [-0.1, -0.05) is 12.1 Å². The van der Waals surface area contributed by atoms with Crippen LogP contribution in [0.3, 0.4) is 0 Å². The Morgan fingerprint density at radius 2 is 2.22 bits per heavy atom. The number of hydrogen-bond donors (Lipinski definition) is 1. The van der Waals surface area contributed by atoms with Crippen LogP contribution in [0.15, 0.2) is 29.2 Å². The van der Waals surface area contributed by atoms with Crippen LogP contribution in [0, 0.1) is 5.92 Å². The van der Waals surface area contributed by atoms with Gasteiger partial charge in [0.15, 0.2) is 5.69 Å². The number of carbonyl (C=O) groups is 1. The largest absolute Gasteiger partial charge is 0.360 e. The molecule has 1 saturated heterocycles. The normalized spacial score (nSPS) is 24.0. The molecule has 2 aromatic rings. The van der Waals surface area contributed by atoms with E-state index in [4.69, 9.17) is 4.52 Å². The molecule has 0 aromatic carbocycles. The molecule has 0 bridgehead atoms. The highest BCUT2D eigenvalue weighted by molar-refractivity contribution is 5.92. The van der Waals surface area contributed by atoms with E-state index in [0.717, 1.165) is 37.5 Å². The van der Waals surface area contributed by atoms with Gasteiger partial charge in [0.25, 0.3) is 5.91 Å². The summed E-state index contributed by atoms with van der Waals surface area (Å²) >= 11 is 0. The third-order valence-corrected chi connectivity index (χ3v) is 4.54. The Morgan fingerprint density at radius 3 is 2.96 bits per heavy atom. The predicted molar refractivity (Wildman–Crippen MR) is 83.1 cm³/mol. The van der Waals surface area contributed by atoms with E-state index >= 15 is 0 Å². The van der Waals surface area contributed by atoms with Crippen molar-refractivity contribution in [1.29, 1.82) is 0 Å². The van der Waals surface area contributed by atoms with Crippen LogP contribution in [0.2, 0.25) is 0 Å². The molecule has 1 aliphatic heterocycles. The molecule has 0 radical (unpaired) electrons. The molecule has 3 heterocycles. The minimum absolute atomic E-state index is 0.0607. The quantitative estimate of drug-likeness (QED) is 0.923. The lowest BCUT2D eigenvalue weighted by atomic mass is 10.1. The zero-order valence-corrected chi connectivity index (χ0v) is 13.0. The maximum atomic E-state index is 12.4. The number of nitrogens with one attached hydrogen (secondary N) is 1. The summed E-state index contributed by atoms with van der Waals surface area (Å²) in [4.78, 5) is 22.9. The topological polar surface area (TPSA) is 84.2 Å². The van der Waals surface area contributed by atoms with Crippen LogP contribution in [0.5, 0.6) is 0 Å². The summed E-state index contributed by atoms with van der Waals surface area (Å²) in [5.41, 5.74) is 0.372. The van der Waals surface area contributed by atoms with Crippen LogP contribution in [0.1, 0.15) is 41.9 Å². The van der Waals surface area contributed by atoms with Crippen molar-refractivity contribution in [2.24, 2.45) is 5.92 Å². The minimum atomic E-state index is -0.168. The molecule has 2 aliphatic rings. The number of rotatable bonds is 4. The van der Waals surface area contributed by atoms with Gasteiger partial charge in [0, 0.05) is 37.5 Å². The van der Waals surface area contributed by atoms with E-state index in [1.165, 1.54) is 0 Å². The highest BCUT2D eigenvalue weighted by Gasteiger charge is 2.33. The monoisotopic (exact) mass is 313 g/mol. The highest BCUT2D eigenvalue weighted by atomic mass is 16.5. The maximum absolute atomic E-state index is 12.4. The molecule has 4 rings (SSSR count). The summed E-state index contributed by atoms with van der Waals surface area (Å²) in [6, 6.07) is 1.83. The van der Waals surface area contributed by atoms with Crippen LogP contribution in [0.25, 0.3) is 0 Å². The zero-order valence-electron chi connectivity index (χ0n) is 13.0. The molecule has 7 nitrogen and oxygen atoms in total. The second-order valence-electron chi connectivity index (χ2n) is 6.41. The summed E-state index contributed by atoms with van der Waals surface area (Å²) in [7, 11) is 0. The third kappa shape index (κ3) is 2.91. The Labute approximate surface area is 134 Å².